The van der Waals surface area contributed by atoms with Crippen molar-refractivity contribution in [3.05, 3.63) is 48.0 Å². The Hall–Kier alpha value is -3.35. The van der Waals surface area contributed by atoms with Crippen molar-refractivity contribution in [3.8, 4) is 17.1 Å². The number of fused-ring (bicyclic) bond motifs is 1. The number of aromatic nitrogens is 2. The van der Waals surface area contributed by atoms with Crippen LogP contribution in [0.4, 0.5) is 0 Å². The van der Waals surface area contributed by atoms with Crippen molar-refractivity contribution in [2.75, 3.05) is 20.3 Å². The van der Waals surface area contributed by atoms with Crippen molar-refractivity contribution in [2.45, 2.75) is 38.6 Å². The Bertz CT molecular complexity index is 1070. The molecule has 31 heavy (non-hydrogen) atoms. The Labute approximate surface area is 181 Å². The highest BCUT2D eigenvalue weighted by atomic mass is 16.5. The first-order valence-electron chi connectivity index (χ1n) is 10.7. The van der Waals surface area contributed by atoms with E-state index >= 15 is 0 Å². The van der Waals surface area contributed by atoms with Crippen molar-refractivity contribution in [2.24, 2.45) is 0 Å². The number of methoxy groups -OCH3 is 1. The van der Waals surface area contributed by atoms with Crippen LogP contribution in [0.5, 0.6) is 5.75 Å². The fourth-order valence-electron chi connectivity index (χ4n) is 4.07. The maximum Gasteiger partial charge on any atom is 0.338 e. The van der Waals surface area contributed by atoms with Gasteiger partial charge in [-0.15, -0.1) is 0 Å². The van der Waals surface area contributed by atoms with Crippen molar-refractivity contribution in [1.29, 1.82) is 0 Å². The van der Waals surface area contributed by atoms with Gasteiger partial charge in [0.2, 0.25) is 0 Å². The Morgan fingerprint density at radius 2 is 1.97 bits per heavy atom. The fraction of sp³-hybridized carbons (Fsp3) is 0.375. The summed E-state index contributed by atoms with van der Waals surface area (Å²) in [6, 6.07) is 13.0. The average molecular weight is 421 g/mol. The number of aromatic amines is 1. The molecule has 0 aliphatic carbocycles. The van der Waals surface area contributed by atoms with E-state index in [0.29, 0.717) is 11.4 Å². The lowest BCUT2D eigenvalue weighted by atomic mass is 10.00. The van der Waals surface area contributed by atoms with Crippen molar-refractivity contribution >= 4 is 22.9 Å². The van der Waals surface area contributed by atoms with Crippen LogP contribution in [0, 0.1) is 0 Å². The van der Waals surface area contributed by atoms with E-state index in [1.165, 1.54) is 0 Å². The molecule has 2 heterocycles. The first kappa shape index (κ1) is 20.9. The number of rotatable bonds is 6. The number of ether oxygens (including phenoxy) is 2. The molecule has 1 amide bonds. The molecule has 0 radical (unpaired) electrons. The zero-order valence-corrected chi connectivity index (χ0v) is 17.9. The number of nitrogens with zero attached hydrogens (tertiary/aromatic N) is 2. The summed E-state index contributed by atoms with van der Waals surface area (Å²) in [6.45, 7) is 2.60. The van der Waals surface area contributed by atoms with Gasteiger partial charge in [0.1, 0.15) is 11.6 Å². The summed E-state index contributed by atoms with van der Waals surface area (Å²) in [5, 5.41) is 0. The molecule has 1 saturated heterocycles. The Morgan fingerprint density at radius 3 is 2.71 bits per heavy atom. The molecule has 0 saturated carbocycles. The number of nitrogens with one attached hydrogen (secondary N) is 1. The Morgan fingerprint density at radius 1 is 1.16 bits per heavy atom. The molecule has 1 aliphatic heterocycles. The predicted molar refractivity (Wildman–Crippen MR) is 118 cm³/mol. The molecule has 4 rings (SSSR count). The van der Waals surface area contributed by atoms with E-state index in [-0.39, 0.29) is 18.6 Å². The van der Waals surface area contributed by atoms with Gasteiger partial charge < -0.3 is 19.4 Å². The lowest BCUT2D eigenvalue weighted by Crippen LogP contribution is -2.45. The monoisotopic (exact) mass is 421 g/mol. The van der Waals surface area contributed by atoms with Crippen LogP contribution in [-0.4, -0.2) is 53.0 Å². The van der Waals surface area contributed by atoms with E-state index in [4.69, 9.17) is 9.47 Å². The van der Waals surface area contributed by atoms with Crippen LogP contribution in [0.3, 0.4) is 0 Å². The number of H-pyrrole nitrogens is 1. The van der Waals surface area contributed by atoms with Gasteiger partial charge in [0.05, 0.1) is 23.7 Å². The number of carbonyl (C=O) groups is 2. The number of likely N-dealkylation sites (tertiary alicyclic amines) is 1. The second-order valence-electron chi connectivity index (χ2n) is 7.77. The largest absolute Gasteiger partial charge is 0.497 e. The number of piperidine rings is 1. The smallest absolute Gasteiger partial charge is 0.338 e. The van der Waals surface area contributed by atoms with Crippen LogP contribution in [-0.2, 0) is 9.53 Å². The van der Waals surface area contributed by atoms with Crippen LogP contribution >= 0.6 is 0 Å². The fourth-order valence-corrected chi connectivity index (χ4v) is 4.07. The van der Waals surface area contributed by atoms with Crippen molar-refractivity contribution < 1.29 is 19.1 Å². The van der Waals surface area contributed by atoms with Gasteiger partial charge in [0.15, 0.2) is 6.61 Å². The van der Waals surface area contributed by atoms with Gasteiger partial charge in [-0.2, -0.15) is 0 Å². The summed E-state index contributed by atoms with van der Waals surface area (Å²) in [7, 11) is 1.62. The number of benzene rings is 2. The predicted octanol–water partition coefficient (Wildman–Crippen LogP) is 4.19. The highest BCUT2D eigenvalue weighted by Gasteiger charge is 2.26. The van der Waals surface area contributed by atoms with E-state index in [1.54, 1.807) is 25.3 Å². The number of amides is 1. The molecule has 7 heteroatoms. The summed E-state index contributed by atoms with van der Waals surface area (Å²) in [5.74, 6) is 0.841. The second-order valence-corrected chi connectivity index (χ2v) is 7.77. The van der Waals surface area contributed by atoms with Crippen LogP contribution < -0.4 is 4.74 Å². The van der Waals surface area contributed by atoms with Crippen LogP contribution in [0.25, 0.3) is 22.4 Å². The molecule has 3 aromatic rings. The molecule has 0 spiro atoms. The molecular weight excluding hydrogens is 394 g/mol. The highest BCUT2D eigenvalue weighted by Crippen LogP contribution is 2.24. The molecule has 1 atom stereocenters. The minimum atomic E-state index is -0.513. The summed E-state index contributed by atoms with van der Waals surface area (Å²) in [4.78, 5) is 34.8. The third-order valence-electron chi connectivity index (χ3n) is 5.83. The number of imidazole rings is 1. The lowest BCUT2D eigenvalue weighted by Gasteiger charge is -2.35. The van der Waals surface area contributed by atoms with Crippen molar-refractivity contribution in [1.82, 2.24) is 14.9 Å². The number of carbonyl (C=O) groups excluding carboxylic acids is 2. The van der Waals surface area contributed by atoms with Gasteiger partial charge in [0.25, 0.3) is 5.91 Å². The standard InChI is InChI=1S/C24H27N3O4/c1-3-18-6-4-5-13-27(18)22(28)15-31-24(29)17-9-12-20-21(14-17)26-23(25-20)16-7-10-19(30-2)11-8-16/h7-12,14,18H,3-6,13,15H2,1-2H3,(H,25,26). The third-order valence-corrected chi connectivity index (χ3v) is 5.83. The van der Waals surface area contributed by atoms with Crippen molar-refractivity contribution in [3.63, 3.8) is 0 Å². The SMILES string of the molecule is CCC1CCCCN1C(=O)COC(=O)c1ccc2nc(-c3ccc(OC)cc3)[nH]c2c1. The minimum Gasteiger partial charge on any atom is -0.497 e. The molecule has 162 valence electrons. The molecule has 7 nitrogen and oxygen atoms in total. The van der Waals surface area contributed by atoms with E-state index in [1.807, 2.05) is 29.2 Å². The van der Waals surface area contributed by atoms with E-state index in [2.05, 4.69) is 16.9 Å². The average Bonchev–Trinajstić information content (AvgIpc) is 3.25. The normalized spacial score (nSPS) is 16.3. The van der Waals surface area contributed by atoms with E-state index in [0.717, 1.165) is 54.6 Å². The molecule has 0 bridgehead atoms. The lowest BCUT2D eigenvalue weighted by molar-refractivity contribution is -0.138. The zero-order valence-electron chi connectivity index (χ0n) is 17.9. The quantitative estimate of drug-likeness (QED) is 0.604. The zero-order chi connectivity index (χ0) is 21.8. The van der Waals surface area contributed by atoms with Gasteiger partial charge in [-0.1, -0.05) is 6.92 Å². The van der Waals surface area contributed by atoms with Crippen LogP contribution in [0.15, 0.2) is 42.5 Å². The molecular formula is C24H27N3O4. The Balaban J connectivity index is 1.44. The molecule has 1 aromatic heterocycles. The van der Waals surface area contributed by atoms with Gasteiger partial charge in [-0.25, -0.2) is 9.78 Å². The first-order valence-corrected chi connectivity index (χ1v) is 10.7. The third kappa shape index (κ3) is 4.55. The highest BCUT2D eigenvalue weighted by molar-refractivity contribution is 5.95. The molecule has 1 N–H and O–H groups in total. The molecule has 1 aliphatic rings. The number of hydrogen-bond acceptors (Lipinski definition) is 5. The van der Waals surface area contributed by atoms with Gasteiger partial charge in [0, 0.05) is 18.2 Å². The Kier molecular flexibility index (Phi) is 6.21. The summed E-state index contributed by atoms with van der Waals surface area (Å²) >= 11 is 0. The first-order chi connectivity index (χ1) is 15.1. The number of hydrogen-bond donors (Lipinski definition) is 1. The summed E-state index contributed by atoms with van der Waals surface area (Å²) in [5.41, 5.74) is 2.78. The van der Waals surface area contributed by atoms with Gasteiger partial charge >= 0.3 is 5.97 Å². The minimum absolute atomic E-state index is 0.121. The molecule has 1 fully saturated rings. The summed E-state index contributed by atoms with van der Waals surface area (Å²) < 4.78 is 10.5. The maximum atomic E-state index is 12.5. The van der Waals surface area contributed by atoms with E-state index in [9.17, 15) is 9.59 Å². The van der Waals surface area contributed by atoms with Gasteiger partial charge in [-0.05, 0) is 68.1 Å². The van der Waals surface area contributed by atoms with Gasteiger partial charge in [-0.3, -0.25) is 4.79 Å². The van der Waals surface area contributed by atoms with Crippen LogP contribution in [0.1, 0.15) is 43.0 Å². The van der Waals surface area contributed by atoms with Crippen LogP contribution in [0.2, 0.25) is 0 Å². The maximum absolute atomic E-state index is 12.5. The molecule has 1 unspecified atom stereocenters. The summed E-state index contributed by atoms with van der Waals surface area (Å²) in [6.07, 6.45) is 4.09. The van der Waals surface area contributed by atoms with E-state index < -0.39 is 5.97 Å². The molecule has 2 aromatic carbocycles. The second kappa shape index (κ2) is 9.20. The topological polar surface area (TPSA) is 84.5 Å². The number of esters is 1.